The fourth-order valence-electron chi connectivity index (χ4n) is 0.848. The van der Waals surface area contributed by atoms with Gasteiger partial charge in [0.05, 0.1) is 0 Å². The average Bonchev–Trinajstić information content (AvgIpc) is 1.69. The summed E-state index contributed by atoms with van der Waals surface area (Å²) >= 11 is 3.83. The molecule has 0 unspecified atom stereocenters. The Labute approximate surface area is 53.1 Å². The summed E-state index contributed by atoms with van der Waals surface area (Å²) in [5.41, 5.74) is 0. The van der Waals surface area contributed by atoms with Crippen LogP contribution in [0.1, 0.15) is 19.3 Å². The Morgan fingerprint density at radius 2 is 1.57 bits per heavy atom. The molecular weight excluding hydrogens is 130 g/mol. The summed E-state index contributed by atoms with van der Waals surface area (Å²) in [6.45, 7) is 2.42. The van der Waals surface area contributed by atoms with Crippen molar-refractivity contribution in [2.75, 3.05) is 13.1 Å². The summed E-state index contributed by atoms with van der Waals surface area (Å²) < 4.78 is 2.14. The van der Waals surface area contributed by atoms with Gasteiger partial charge in [-0.3, -0.25) is 0 Å². The van der Waals surface area contributed by atoms with Crippen molar-refractivity contribution in [2.45, 2.75) is 19.3 Å². The summed E-state index contributed by atoms with van der Waals surface area (Å²) in [5, 5.41) is 0. The van der Waals surface area contributed by atoms with Crippen LogP contribution in [0.25, 0.3) is 0 Å². The molecule has 7 heavy (non-hydrogen) atoms. The summed E-state index contributed by atoms with van der Waals surface area (Å²) in [5.74, 6) is 0. The summed E-state index contributed by atoms with van der Waals surface area (Å²) in [4.78, 5) is 0. The molecule has 0 aliphatic carbocycles. The molecule has 1 aliphatic rings. The fraction of sp³-hybridized carbons (Fsp3) is 1.00. The standard InChI is InChI=1S/C5H10N.Fe/c1-2-4-6-5-3-1;/h1-5H2;/q-1;+1. The van der Waals surface area contributed by atoms with Crippen LogP contribution in [-0.4, -0.2) is 17.0 Å². The van der Waals surface area contributed by atoms with Gasteiger partial charge in [-0.25, -0.2) is 0 Å². The summed E-state index contributed by atoms with van der Waals surface area (Å²) in [6, 6.07) is 0. The molecule has 1 rings (SSSR count). The third-order valence-corrected chi connectivity index (χ3v) is 1.78. The Morgan fingerprint density at radius 3 is 1.86 bits per heavy atom. The predicted octanol–water partition coefficient (Wildman–Crippen LogP) is 0.934. The van der Waals surface area contributed by atoms with E-state index in [4.69, 9.17) is 0 Å². The van der Waals surface area contributed by atoms with Crippen molar-refractivity contribution >= 4 is 0 Å². The SMILES string of the molecule is [Fe][N]1CCCCC1. The van der Waals surface area contributed by atoms with Crippen LogP contribution < -0.4 is 0 Å². The van der Waals surface area contributed by atoms with Gasteiger partial charge in [-0.05, 0) is 0 Å². The van der Waals surface area contributed by atoms with Crippen molar-refractivity contribution in [3.05, 3.63) is 0 Å². The number of hydrogen-bond acceptors (Lipinski definition) is 1. The minimum absolute atomic E-state index is 1.21. The molecule has 1 nitrogen and oxygen atoms in total. The van der Waals surface area contributed by atoms with Gasteiger partial charge in [-0.1, -0.05) is 0 Å². The van der Waals surface area contributed by atoms with E-state index in [0.29, 0.717) is 0 Å². The average molecular weight is 140 g/mol. The molecule has 1 heterocycles. The van der Waals surface area contributed by atoms with Crippen LogP contribution in [0.3, 0.4) is 0 Å². The first-order valence-electron chi connectivity index (χ1n) is 2.79. The number of hydrogen-bond donors (Lipinski definition) is 0. The molecule has 0 N–H and O–H groups in total. The van der Waals surface area contributed by atoms with Crippen molar-refractivity contribution in [1.82, 2.24) is 3.92 Å². The first kappa shape index (κ1) is 5.61. The van der Waals surface area contributed by atoms with Crippen LogP contribution in [-0.2, 0) is 16.2 Å². The zero-order valence-electron chi connectivity index (χ0n) is 4.34. The van der Waals surface area contributed by atoms with Crippen molar-refractivity contribution in [2.24, 2.45) is 0 Å². The van der Waals surface area contributed by atoms with Gasteiger partial charge in [-0.2, -0.15) is 0 Å². The monoisotopic (exact) mass is 140 g/mol. The van der Waals surface area contributed by atoms with E-state index in [1.807, 2.05) is 0 Å². The van der Waals surface area contributed by atoms with Crippen LogP contribution in [0.2, 0.25) is 0 Å². The molecule has 0 amide bonds. The molecule has 1 saturated heterocycles. The van der Waals surface area contributed by atoms with Crippen molar-refractivity contribution in [3.63, 3.8) is 0 Å². The third kappa shape index (κ3) is 1.81. The van der Waals surface area contributed by atoms with Gasteiger partial charge >= 0.3 is 52.5 Å². The van der Waals surface area contributed by atoms with E-state index in [0.717, 1.165) is 0 Å². The maximum absolute atomic E-state index is 3.83. The minimum atomic E-state index is 1.21. The predicted molar refractivity (Wildman–Crippen MR) is 25.4 cm³/mol. The van der Waals surface area contributed by atoms with Crippen LogP contribution in [0.4, 0.5) is 0 Å². The molecule has 0 spiro atoms. The van der Waals surface area contributed by atoms with Gasteiger partial charge in [0, 0.05) is 0 Å². The Morgan fingerprint density at radius 1 is 1.00 bits per heavy atom. The molecule has 2 heteroatoms. The maximum atomic E-state index is 3.83. The van der Waals surface area contributed by atoms with E-state index in [2.05, 4.69) is 20.1 Å². The molecule has 43 valence electrons. The second-order valence-electron chi connectivity index (χ2n) is 1.96. The topological polar surface area (TPSA) is 3.24 Å². The van der Waals surface area contributed by atoms with Crippen LogP contribution in [0.15, 0.2) is 0 Å². The molecule has 0 radical (unpaired) electrons. The van der Waals surface area contributed by atoms with E-state index >= 15 is 0 Å². The molecule has 0 atom stereocenters. The van der Waals surface area contributed by atoms with Gasteiger partial charge in [0.1, 0.15) is 0 Å². The van der Waals surface area contributed by atoms with Crippen molar-refractivity contribution < 1.29 is 16.2 Å². The molecule has 0 saturated carbocycles. The van der Waals surface area contributed by atoms with Gasteiger partial charge in [0.25, 0.3) is 0 Å². The van der Waals surface area contributed by atoms with E-state index in [9.17, 15) is 0 Å². The van der Waals surface area contributed by atoms with Gasteiger partial charge in [-0.15, -0.1) is 0 Å². The quantitative estimate of drug-likeness (QED) is 0.452. The normalized spacial score (nSPS) is 25.3. The molecule has 0 aromatic heterocycles. The van der Waals surface area contributed by atoms with Crippen molar-refractivity contribution in [1.29, 1.82) is 0 Å². The fourth-order valence-corrected chi connectivity index (χ4v) is 1.20. The number of piperidine rings is 1. The first-order valence-corrected chi connectivity index (χ1v) is 3.28. The Balaban J connectivity index is 2.12. The van der Waals surface area contributed by atoms with E-state index in [1.165, 1.54) is 32.4 Å². The Bertz CT molecular complexity index is 50.0. The van der Waals surface area contributed by atoms with Crippen LogP contribution >= 0.6 is 0 Å². The second kappa shape index (κ2) is 2.71. The third-order valence-electron chi connectivity index (χ3n) is 1.29. The Kier molecular flexibility index (Phi) is 2.17. The molecule has 0 bridgehead atoms. The molecular formula is C5H10FeN. The van der Waals surface area contributed by atoms with Gasteiger partial charge < -0.3 is 0 Å². The zero-order chi connectivity index (χ0) is 5.11. The van der Waals surface area contributed by atoms with Crippen molar-refractivity contribution in [3.8, 4) is 0 Å². The summed E-state index contributed by atoms with van der Waals surface area (Å²) in [7, 11) is 0. The first-order chi connectivity index (χ1) is 3.39. The second-order valence-corrected chi connectivity index (χ2v) is 2.65. The van der Waals surface area contributed by atoms with E-state index < -0.39 is 0 Å². The van der Waals surface area contributed by atoms with Crippen LogP contribution in [0.5, 0.6) is 0 Å². The summed E-state index contributed by atoms with van der Waals surface area (Å²) in [6.07, 6.45) is 4.11. The molecule has 0 aromatic rings. The van der Waals surface area contributed by atoms with Gasteiger partial charge in [0.15, 0.2) is 0 Å². The molecule has 1 aliphatic heterocycles. The number of rotatable bonds is 0. The molecule has 0 aromatic carbocycles. The van der Waals surface area contributed by atoms with E-state index in [-0.39, 0.29) is 0 Å². The van der Waals surface area contributed by atoms with E-state index in [1.54, 1.807) is 0 Å². The number of nitrogens with zero attached hydrogens (tertiary/aromatic N) is 1. The molecule has 1 fully saturated rings. The van der Waals surface area contributed by atoms with Crippen LogP contribution in [0, 0.1) is 0 Å². The Hall–Kier alpha value is 0.479. The van der Waals surface area contributed by atoms with Gasteiger partial charge in [0.2, 0.25) is 0 Å². The zero-order valence-corrected chi connectivity index (χ0v) is 5.44.